The van der Waals surface area contributed by atoms with E-state index in [0.717, 1.165) is 24.5 Å². The van der Waals surface area contributed by atoms with Crippen LogP contribution in [-0.4, -0.2) is 62.1 Å². The Balaban J connectivity index is 1.91. The third-order valence-electron chi connectivity index (χ3n) is 4.75. The van der Waals surface area contributed by atoms with Crippen molar-refractivity contribution in [1.29, 1.82) is 0 Å². The zero-order chi connectivity index (χ0) is 17.5. The Kier molecular flexibility index (Phi) is 7.06. The van der Waals surface area contributed by atoms with E-state index < -0.39 is 0 Å². The van der Waals surface area contributed by atoms with Gasteiger partial charge in [0.25, 0.3) is 0 Å². The van der Waals surface area contributed by atoms with Gasteiger partial charge in [0.2, 0.25) is 5.91 Å². The number of anilines is 1. The van der Waals surface area contributed by atoms with E-state index in [2.05, 4.69) is 22.2 Å². The Morgan fingerprint density at radius 3 is 2.92 bits per heavy atom. The Morgan fingerprint density at radius 2 is 2.21 bits per heavy atom. The second kappa shape index (κ2) is 9.04. The number of para-hydroxylation sites is 2. The molecule has 5 nitrogen and oxygen atoms in total. The van der Waals surface area contributed by atoms with Crippen LogP contribution in [0, 0.1) is 5.92 Å². The maximum Gasteiger partial charge on any atom is 0.241 e. The summed E-state index contributed by atoms with van der Waals surface area (Å²) in [6, 6.07) is 7.41. The van der Waals surface area contributed by atoms with Crippen LogP contribution in [-0.2, 0) is 4.79 Å². The van der Waals surface area contributed by atoms with E-state index in [0.29, 0.717) is 12.5 Å². The van der Waals surface area contributed by atoms with Crippen LogP contribution in [0.2, 0.25) is 0 Å². The van der Waals surface area contributed by atoms with Crippen LogP contribution in [0.25, 0.3) is 0 Å². The maximum absolute atomic E-state index is 12.6. The third-order valence-corrected chi connectivity index (χ3v) is 4.75. The lowest BCUT2D eigenvalue weighted by Gasteiger charge is -2.34. The molecule has 1 aromatic rings. The molecule has 1 amide bonds. The van der Waals surface area contributed by atoms with Gasteiger partial charge in [0.05, 0.1) is 18.3 Å². The Hall–Kier alpha value is -1.59. The van der Waals surface area contributed by atoms with Gasteiger partial charge in [0, 0.05) is 13.1 Å². The van der Waals surface area contributed by atoms with Crippen molar-refractivity contribution in [1.82, 2.24) is 9.80 Å². The normalized spacial score (nSPS) is 20.0. The first kappa shape index (κ1) is 18.7. The van der Waals surface area contributed by atoms with Crippen LogP contribution in [0.1, 0.15) is 26.7 Å². The zero-order valence-corrected chi connectivity index (χ0v) is 15.4. The molecule has 1 fully saturated rings. The molecule has 1 aliphatic heterocycles. The van der Waals surface area contributed by atoms with Crippen LogP contribution in [0.15, 0.2) is 24.3 Å². The summed E-state index contributed by atoms with van der Waals surface area (Å²) >= 11 is 0. The molecule has 1 heterocycles. The SMILES string of the molecule is CCOc1ccccc1NC(=O)C(C)N(C)CC1CCCN(C)C1. The summed E-state index contributed by atoms with van der Waals surface area (Å²) in [5.74, 6) is 1.37. The van der Waals surface area contributed by atoms with E-state index in [-0.39, 0.29) is 11.9 Å². The molecule has 134 valence electrons. The predicted octanol–water partition coefficient (Wildman–Crippen LogP) is 2.69. The van der Waals surface area contributed by atoms with Crippen molar-refractivity contribution in [3.05, 3.63) is 24.3 Å². The van der Waals surface area contributed by atoms with Gasteiger partial charge in [-0.3, -0.25) is 9.69 Å². The van der Waals surface area contributed by atoms with Crippen molar-refractivity contribution in [2.75, 3.05) is 45.7 Å². The van der Waals surface area contributed by atoms with E-state index in [1.54, 1.807) is 0 Å². The second-order valence-electron chi connectivity index (χ2n) is 6.80. The number of likely N-dealkylation sites (N-methyl/N-ethyl adjacent to an activating group) is 1. The minimum absolute atomic E-state index is 0.00816. The van der Waals surface area contributed by atoms with Gasteiger partial charge in [-0.05, 0) is 65.4 Å². The molecular formula is C19H31N3O2. The van der Waals surface area contributed by atoms with Gasteiger partial charge in [0.15, 0.2) is 0 Å². The van der Waals surface area contributed by atoms with E-state index in [9.17, 15) is 4.79 Å². The number of hydrogen-bond donors (Lipinski definition) is 1. The summed E-state index contributed by atoms with van der Waals surface area (Å²) in [6.45, 7) is 7.74. The number of ether oxygens (including phenoxy) is 1. The van der Waals surface area contributed by atoms with E-state index >= 15 is 0 Å². The summed E-state index contributed by atoms with van der Waals surface area (Å²) in [7, 11) is 4.21. The molecule has 0 spiro atoms. The molecule has 1 aromatic carbocycles. The minimum Gasteiger partial charge on any atom is -0.492 e. The number of amides is 1. The van der Waals surface area contributed by atoms with Gasteiger partial charge in [-0.1, -0.05) is 12.1 Å². The number of hydrogen-bond acceptors (Lipinski definition) is 4. The molecule has 24 heavy (non-hydrogen) atoms. The van der Waals surface area contributed by atoms with Gasteiger partial charge >= 0.3 is 0 Å². The molecule has 0 aliphatic carbocycles. The fourth-order valence-corrected chi connectivity index (χ4v) is 3.28. The summed E-state index contributed by atoms with van der Waals surface area (Å²) in [5, 5.41) is 3.01. The zero-order valence-electron chi connectivity index (χ0n) is 15.4. The van der Waals surface area contributed by atoms with E-state index in [4.69, 9.17) is 4.74 Å². The van der Waals surface area contributed by atoms with Gasteiger partial charge in [0.1, 0.15) is 5.75 Å². The standard InChI is InChI=1S/C19H31N3O2/c1-5-24-18-11-7-6-10-17(18)20-19(23)15(2)22(4)14-16-9-8-12-21(3)13-16/h6-7,10-11,15-16H,5,8-9,12-14H2,1-4H3,(H,20,23). The molecule has 5 heteroatoms. The molecular weight excluding hydrogens is 302 g/mol. The predicted molar refractivity (Wildman–Crippen MR) is 98.6 cm³/mol. The van der Waals surface area contributed by atoms with Crippen molar-refractivity contribution in [2.24, 2.45) is 5.92 Å². The van der Waals surface area contributed by atoms with Crippen molar-refractivity contribution in [3.8, 4) is 5.75 Å². The minimum atomic E-state index is -0.174. The smallest absolute Gasteiger partial charge is 0.241 e. The monoisotopic (exact) mass is 333 g/mol. The highest BCUT2D eigenvalue weighted by Crippen LogP contribution is 2.24. The van der Waals surface area contributed by atoms with Crippen LogP contribution in [0.4, 0.5) is 5.69 Å². The molecule has 2 atom stereocenters. The highest BCUT2D eigenvalue weighted by atomic mass is 16.5. The Labute approximate surface area is 146 Å². The lowest BCUT2D eigenvalue weighted by Crippen LogP contribution is -2.45. The van der Waals surface area contributed by atoms with Crippen LogP contribution in [0.3, 0.4) is 0 Å². The van der Waals surface area contributed by atoms with Gasteiger partial charge < -0.3 is 15.0 Å². The molecule has 2 unspecified atom stereocenters. The molecule has 1 N–H and O–H groups in total. The Morgan fingerprint density at radius 1 is 1.46 bits per heavy atom. The highest BCUT2D eigenvalue weighted by molar-refractivity contribution is 5.95. The average molecular weight is 333 g/mol. The molecule has 1 saturated heterocycles. The average Bonchev–Trinajstić information content (AvgIpc) is 2.56. The van der Waals surface area contributed by atoms with Gasteiger partial charge in [-0.15, -0.1) is 0 Å². The third kappa shape index (κ3) is 5.21. The molecule has 0 radical (unpaired) electrons. The van der Waals surface area contributed by atoms with Crippen molar-refractivity contribution >= 4 is 11.6 Å². The second-order valence-corrected chi connectivity index (χ2v) is 6.80. The van der Waals surface area contributed by atoms with E-state index in [1.807, 2.05) is 45.2 Å². The number of nitrogens with zero attached hydrogens (tertiary/aromatic N) is 2. The molecule has 0 saturated carbocycles. The number of rotatable bonds is 7. The number of nitrogens with one attached hydrogen (secondary N) is 1. The number of piperidine rings is 1. The molecule has 0 aromatic heterocycles. The van der Waals surface area contributed by atoms with Crippen LogP contribution >= 0.6 is 0 Å². The number of carbonyl (C=O) groups excluding carboxylic acids is 1. The first-order chi connectivity index (χ1) is 11.5. The Bertz CT molecular complexity index is 535. The first-order valence-corrected chi connectivity index (χ1v) is 8.92. The number of carbonyl (C=O) groups is 1. The largest absolute Gasteiger partial charge is 0.492 e. The van der Waals surface area contributed by atoms with Crippen molar-refractivity contribution in [2.45, 2.75) is 32.7 Å². The van der Waals surface area contributed by atoms with Crippen LogP contribution < -0.4 is 10.1 Å². The van der Waals surface area contributed by atoms with Crippen LogP contribution in [0.5, 0.6) is 5.75 Å². The number of benzene rings is 1. The van der Waals surface area contributed by atoms with Gasteiger partial charge in [-0.2, -0.15) is 0 Å². The van der Waals surface area contributed by atoms with Gasteiger partial charge in [-0.25, -0.2) is 0 Å². The highest BCUT2D eigenvalue weighted by Gasteiger charge is 2.24. The summed E-state index contributed by atoms with van der Waals surface area (Å²) in [6.07, 6.45) is 2.49. The molecule has 0 bridgehead atoms. The molecule has 2 rings (SSSR count). The van der Waals surface area contributed by atoms with Crippen molar-refractivity contribution in [3.63, 3.8) is 0 Å². The van der Waals surface area contributed by atoms with Crippen molar-refractivity contribution < 1.29 is 9.53 Å². The lowest BCUT2D eigenvalue weighted by atomic mass is 9.97. The topological polar surface area (TPSA) is 44.8 Å². The quantitative estimate of drug-likeness (QED) is 0.833. The molecule has 1 aliphatic rings. The van der Waals surface area contributed by atoms with E-state index in [1.165, 1.54) is 19.4 Å². The summed E-state index contributed by atoms with van der Waals surface area (Å²) < 4.78 is 5.58. The lowest BCUT2D eigenvalue weighted by molar-refractivity contribution is -0.120. The maximum atomic E-state index is 12.6. The summed E-state index contributed by atoms with van der Waals surface area (Å²) in [4.78, 5) is 17.1. The summed E-state index contributed by atoms with van der Waals surface area (Å²) in [5.41, 5.74) is 0.738. The fourth-order valence-electron chi connectivity index (χ4n) is 3.28. The number of likely N-dealkylation sites (tertiary alicyclic amines) is 1. The first-order valence-electron chi connectivity index (χ1n) is 8.92. The fraction of sp³-hybridized carbons (Fsp3) is 0.632.